The molecule has 3 rings (SSSR count). The lowest BCUT2D eigenvalue weighted by Crippen LogP contribution is -2.18. The van der Waals surface area contributed by atoms with Gasteiger partial charge in [-0.2, -0.15) is 10.2 Å². The third-order valence-corrected chi connectivity index (χ3v) is 4.43. The summed E-state index contributed by atoms with van der Waals surface area (Å²) in [4.78, 5) is 12.3. The van der Waals surface area contributed by atoms with Gasteiger partial charge in [0.2, 0.25) is 0 Å². The number of aromatic nitrogens is 2. The van der Waals surface area contributed by atoms with Crippen molar-refractivity contribution >= 4 is 28.1 Å². The van der Waals surface area contributed by atoms with E-state index >= 15 is 0 Å². The van der Waals surface area contributed by atoms with Gasteiger partial charge in [0.25, 0.3) is 5.91 Å². The van der Waals surface area contributed by atoms with Crippen LogP contribution >= 0.6 is 15.9 Å². The van der Waals surface area contributed by atoms with Crippen LogP contribution in [0.5, 0.6) is 17.2 Å². The molecule has 0 fully saturated rings. The van der Waals surface area contributed by atoms with Gasteiger partial charge in [0.15, 0.2) is 11.5 Å². The molecule has 0 saturated carbocycles. The van der Waals surface area contributed by atoms with Gasteiger partial charge in [-0.25, -0.2) is 5.43 Å². The van der Waals surface area contributed by atoms with Crippen LogP contribution in [0.2, 0.25) is 0 Å². The Bertz CT molecular complexity index is 1050. The van der Waals surface area contributed by atoms with Crippen LogP contribution in [0.4, 0.5) is 0 Å². The van der Waals surface area contributed by atoms with E-state index < -0.39 is 5.91 Å². The molecule has 0 bridgehead atoms. The van der Waals surface area contributed by atoms with Crippen LogP contribution in [-0.4, -0.2) is 41.1 Å². The molecule has 1 aromatic heterocycles. The Morgan fingerprint density at radius 1 is 1.28 bits per heavy atom. The molecular weight excluding hydrogens is 440 g/mol. The second-order valence-corrected chi connectivity index (χ2v) is 6.78. The van der Waals surface area contributed by atoms with E-state index in [9.17, 15) is 9.90 Å². The summed E-state index contributed by atoms with van der Waals surface area (Å²) >= 11 is 3.31. The molecule has 0 spiro atoms. The van der Waals surface area contributed by atoms with E-state index in [1.165, 1.54) is 12.3 Å². The topological polar surface area (TPSA) is 109 Å². The van der Waals surface area contributed by atoms with E-state index in [0.717, 1.165) is 10.0 Å². The van der Waals surface area contributed by atoms with Crippen molar-refractivity contribution in [1.29, 1.82) is 0 Å². The quantitative estimate of drug-likeness (QED) is 0.369. The fraction of sp³-hybridized carbons (Fsp3) is 0.150. The number of carbonyl (C=O) groups is 1. The minimum atomic E-state index is -0.465. The first kappa shape index (κ1) is 20.4. The molecule has 150 valence electrons. The highest BCUT2D eigenvalue weighted by Crippen LogP contribution is 2.32. The average molecular weight is 459 g/mol. The van der Waals surface area contributed by atoms with E-state index in [1.807, 2.05) is 13.0 Å². The number of hydrazone groups is 1. The number of nitrogens with one attached hydrogen (secondary N) is 2. The predicted octanol–water partition coefficient (Wildman–Crippen LogP) is 3.72. The lowest BCUT2D eigenvalue weighted by molar-refractivity contribution is 0.0950. The van der Waals surface area contributed by atoms with Crippen molar-refractivity contribution in [1.82, 2.24) is 15.6 Å². The van der Waals surface area contributed by atoms with Gasteiger partial charge >= 0.3 is 0 Å². The minimum Gasteiger partial charge on any atom is -0.507 e. The van der Waals surface area contributed by atoms with E-state index in [-0.39, 0.29) is 11.4 Å². The summed E-state index contributed by atoms with van der Waals surface area (Å²) in [6.45, 7) is 2.42. The highest BCUT2D eigenvalue weighted by molar-refractivity contribution is 9.10. The first-order valence-corrected chi connectivity index (χ1v) is 9.49. The molecule has 2 aromatic carbocycles. The SMILES string of the molecule is CCOc1ccc(-c2cc(C(=O)N/N=C/c3cc(Br)ccc3O)[nH]n2)cc1OC. The van der Waals surface area contributed by atoms with Crippen LogP contribution in [0.1, 0.15) is 23.0 Å². The smallest absolute Gasteiger partial charge is 0.289 e. The number of amides is 1. The zero-order chi connectivity index (χ0) is 20.8. The number of phenols is 1. The molecule has 9 heteroatoms. The summed E-state index contributed by atoms with van der Waals surface area (Å²) in [5, 5.41) is 20.5. The Labute approximate surface area is 175 Å². The lowest BCUT2D eigenvalue weighted by atomic mass is 10.1. The van der Waals surface area contributed by atoms with Crippen LogP contribution in [0.15, 0.2) is 52.0 Å². The van der Waals surface area contributed by atoms with E-state index in [4.69, 9.17) is 9.47 Å². The van der Waals surface area contributed by atoms with Gasteiger partial charge in [0, 0.05) is 15.6 Å². The van der Waals surface area contributed by atoms with E-state index in [2.05, 4.69) is 36.7 Å². The lowest BCUT2D eigenvalue weighted by Gasteiger charge is -2.09. The van der Waals surface area contributed by atoms with Crippen molar-refractivity contribution in [3.63, 3.8) is 0 Å². The van der Waals surface area contributed by atoms with Crippen LogP contribution in [0, 0.1) is 0 Å². The largest absolute Gasteiger partial charge is 0.507 e. The first-order chi connectivity index (χ1) is 14.0. The van der Waals surface area contributed by atoms with Crippen molar-refractivity contribution in [3.8, 4) is 28.5 Å². The molecular formula is C20H19BrN4O4. The second kappa shape index (κ2) is 9.24. The summed E-state index contributed by atoms with van der Waals surface area (Å²) in [7, 11) is 1.56. The molecule has 1 heterocycles. The molecule has 3 aromatic rings. The van der Waals surface area contributed by atoms with E-state index in [1.54, 1.807) is 37.4 Å². The summed E-state index contributed by atoms with van der Waals surface area (Å²) in [6, 6.07) is 11.9. The van der Waals surface area contributed by atoms with Gasteiger partial charge < -0.3 is 14.6 Å². The Kier molecular flexibility index (Phi) is 6.50. The van der Waals surface area contributed by atoms with Crippen molar-refractivity contribution in [2.45, 2.75) is 6.92 Å². The van der Waals surface area contributed by atoms with Gasteiger partial charge in [-0.1, -0.05) is 15.9 Å². The molecule has 0 unspecified atom stereocenters. The number of carbonyl (C=O) groups excluding carboxylic acids is 1. The molecule has 0 aliphatic carbocycles. The molecule has 0 aliphatic heterocycles. The summed E-state index contributed by atoms with van der Waals surface area (Å²) in [6.07, 6.45) is 1.35. The average Bonchev–Trinajstić information content (AvgIpc) is 3.21. The monoisotopic (exact) mass is 458 g/mol. The Balaban J connectivity index is 1.71. The van der Waals surface area contributed by atoms with Crippen LogP contribution < -0.4 is 14.9 Å². The number of benzene rings is 2. The molecule has 0 saturated heterocycles. The molecule has 8 nitrogen and oxygen atoms in total. The third-order valence-electron chi connectivity index (χ3n) is 3.94. The number of H-pyrrole nitrogens is 1. The highest BCUT2D eigenvalue weighted by Gasteiger charge is 2.13. The molecule has 0 aliphatic rings. The Morgan fingerprint density at radius 2 is 2.10 bits per heavy atom. The number of rotatable bonds is 7. The van der Waals surface area contributed by atoms with Gasteiger partial charge in [0.05, 0.1) is 25.6 Å². The Hall–Kier alpha value is -3.33. The van der Waals surface area contributed by atoms with E-state index in [0.29, 0.717) is 29.4 Å². The van der Waals surface area contributed by atoms with Crippen molar-refractivity contribution in [2.75, 3.05) is 13.7 Å². The number of ether oxygens (including phenoxy) is 2. The molecule has 0 radical (unpaired) electrons. The van der Waals surface area contributed by atoms with Crippen molar-refractivity contribution < 1.29 is 19.4 Å². The molecule has 3 N–H and O–H groups in total. The van der Waals surface area contributed by atoms with Crippen LogP contribution in [0.25, 0.3) is 11.3 Å². The minimum absolute atomic E-state index is 0.0551. The number of phenolic OH excluding ortho intramolecular Hbond substituents is 1. The van der Waals surface area contributed by atoms with Crippen LogP contribution in [0.3, 0.4) is 0 Å². The normalized spacial score (nSPS) is 10.9. The summed E-state index contributed by atoms with van der Waals surface area (Å²) < 4.78 is 11.6. The number of halogens is 1. The zero-order valence-electron chi connectivity index (χ0n) is 15.8. The zero-order valence-corrected chi connectivity index (χ0v) is 17.4. The molecule has 29 heavy (non-hydrogen) atoms. The van der Waals surface area contributed by atoms with Crippen molar-refractivity contribution in [2.24, 2.45) is 5.10 Å². The number of nitrogens with zero attached hydrogens (tertiary/aromatic N) is 2. The maximum atomic E-state index is 12.3. The maximum absolute atomic E-state index is 12.3. The maximum Gasteiger partial charge on any atom is 0.289 e. The summed E-state index contributed by atoms with van der Waals surface area (Å²) in [5.74, 6) is 0.807. The third kappa shape index (κ3) is 4.94. The van der Waals surface area contributed by atoms with Gasteiger partial charge in [-0.05, 0) is 49.4 Å². The number of hydrogen-bond acceptors (Lipinski definition) is 6. The van der Waals surface area contributed by atoms with Gasteiger partial charge in [0.1, 0.15) is 11.4 Å². The standard InChI is InChI=1S/C20H19BrN4O4/c1-3-29-18-7-4-12(9-19(18)28-2)15-10-16(24-23-15)20(27)25-22-11-13-8-14(21)5-6-17(13)26/h4-11,26H,3H2,1-2H3,(H,23,24)(H,25,27)/b22-11+. The van der Waals surface area contributed by atoms with Crippen molar-refractivity contribution in [3.05, 3.63) is 58.2 Å². The summed E-state index contributed by atoms with van der Waals surface area (Å²) in [5.41, 5.74) is 4.44. The number of aromatic hydroxyl groups is 1. The Morgan fingerprint density at radius 3 is 2.86 bits per heavy atom. The second-order valence-electron chi connectivity index (χ2n) is 5.87. The van der Waals surface area contributed by atoms with Gasteiger partial charge in [-0.15, -0.1) is 0 Å². The first-order valence-electron chi connectivity index (χ1n) is 8.70. The molecule has 1 amide bonds. The number of hydrogen-bond donors (Lipinski definition) is 3. The van der Waals surface area contributed by atoms with Crippen LogP contribution in [-0.2, 0) is 0 Å². The fourth-order valence-corrected chi connectivity index (χ4v) is 2.92. The predicted molar refractivity (Wildman–Crippen MR) is 113 cm³/mol. The number of aromatic amines is 1. The fourth-order valence-electron chi connectivity index (χ4n) is 2.54. The number of methoxy groups -OCH3 is 1. The molecule has 0 atom stereocenters. The van der Waals surface area contributed by atoms with Gasteiger partial charge in [-0.3, -0.25) is 9.89 Å². The highest BCUT2D eigenvalue weighted by atomic mass is 79.9.